The van der Waals surface area contributed by atoms with Gasteiger partial charge in [-0.3, -0.25) is 0 Å². The van der Waals surface area contributed by atoms with E-state index in [-0.39, 0.29) is 12.8 Å². The molecular weight excluding hydrogens is 673 g/mol. The Labute approximate surface area is 317 Å². The van der Waals surface area contributed by atoms with E-state index >= 15 is 0 Å². The minimum absolute atomic E-state index is 0.180. The van der Waals surface area contributed by atoms with Crippen LogP contribution in [0.1, 0.15) is 57.2 Å². The van der Waals surface area contributed by atoms with Gasteiger partial charge >= 0.3 is 5.97 Å². The third-order valence-electron chi connectivity index (χ3n) is 10.1. The van der Waals surface area contributed by atoms with E-state index in [1.165, 1.54) is 0 Å². The first kappa shape index (κ1) is 36.3. The van der Waals surface area contributed by atoms with Crippen LogP contribution in [0.25, 0.3) is 22.5 Å². The molecule has 0 saturated carbocycles. The minimum Gasteiger partial charge on any atom is -0.461 e. The van der Waals surface area contributed by atoms with Gasteiger partial charge in [-0.25, -0.2) is 9.48 Å². The zero-order valence-corrected chi connectivity index (χ0v) is 31.4. The molecule has 1 aromatic heterocycles. The predicted molar refractivity (Wildman–Crippen MR) is 212 cm³/mol. The molecule has 7 rings (SSSR count). The number of carbonyl (C=O) groups is 1. The molecule has 6 aromatic rings. The van der Waals surface area contributed by atoms with Crippen molar-refractivity contribution in [3.05, 3.63) is 168 Å². The smallest absolute Gasteiger partial charge is 0.356 e. The van der Waals surface area contributed by atoms with Crippen LogP contribution >= 0.6 is 0 Å². The zero-order valence-electron chi connectivity index (χ0n) is 31.4. The number of anilines is 1. The molecule has 0 aliphatic carbocycles. The first-order chi connectivity index (χ1) is 26.2. The number of hydrogen-bond acceptors (Lipinski definition) is 8. The Hall–Kier alpha value is -6.06. The van der Waals surface area contributed by atoms with E-state index in [4.69, 9.17) is 15.0 Å². The van der Waals surface area contributed by atoms with Crippen LogP contribution in [-0.4, -0.2) is 61.6 Å². The maximum Gasteiger partial charge on any atom is 0.356 e. The fourth-order valence-corrected chi connectivity index (χ4v) is 7.97. The lowest BCUT2D eigenvalue weighted by atomic mass is 9.77. The summed E-state index contributed by atoms with van der Waals surface area (Å²) in [6, 6.07) is 47.4. The van der Waals surface area contributed by atoms with E-state index in [1.54, 1.807) is 20.8 Å². The second-order valence-corrected chi connectivity index (χ2v) is 14.0. The van der Waals surface area contributed by atoms with Crippen LogP contribution in [0.15, 0.2) is 151 Å². The summed E-state index contributed by atoms with van der Waals surface area (Å²) in [7, 11) is 1.93. The van der Waals surface area contributed by atoms with Gasteiger partial charge in [-0.05, 0) is 77.6 Å². The second kappa shape index (κ2) is 15.1. The standard InChI is InChI=1S/C45H46N6O3/c1-6-19-39-49(5)41(44(3,4)53)40(43(52)54-7-2)50(39)36-30-28-32(29-31-36)37-26-17-18-27-38(37)42-46-47-48-51(42)45(33-20-11-8-12-21-33,34-22-13-9-14-23-34)35-24-15-10-16-25-35/h8-18,20-31,39,53H,6-7,19H2,1-5H3. The lowest BCUT2D eigenvalue weighted by molar-refractivity contribution is -0.138. The average molecular weight is 719 g/mol. The number of nitrogens with zero attached hydrogens (tertiary/aromatic N) is 6. The molecule has 1 aliphatic rings. The Bertz CT molecular complexity index is 2130. The van der Waals surface area contributed by atoms with Gasteiger partial charge in [0.1, 0.15) is 17.3 Å². The van der Waals surface area contributed by atoms with Gasteiger partial charge in [-0.1, -0.05) is 141 Å². The lowest BCUT2D eigenvalue weighted by Crippen LogP contribution is -2.41. The zero-order chi connectivity index (χ0) is 37.9. The van der Waals surface area contributed by atoms with Gasteiger partial charge in [0.15, 0.2) is 11.5 Å². The lowest BCUT2D eigenvalue weighted by Gasteiger charge is -2.36. The van der Waals surface area contributed by atoms with E-state index in [2.05, 4.69) is 72.8 Å². The molecule has 1 N–H and O–H groups in total. The van der Waals surface area contributed by atoms with Crippen LogP contribution in [0.2, 0.25) is 0 Å². The van der Waals surface area contributed by atoms with Crippen molar-refractivity contribution in [2.45, 2.75) is 57.8 Å². The normalized spacial score (nSPS) is 14.8. The molecule has 0 saturated heterocycles. The summed E-state index contributed by atoms with van der Waals surface area (Å²) in [6.07, 6.45) is 1.48. The third-order valence-corrected chi connectivity index (χ3v) is 10.1. The molecule has 1 aliphatic heterocycles. The van der Waals surface area contributed by atoms with Crippen molar-refractivity contribution in [2.75, 3.05) is 18.6 Å². The average Bonchev–Trinajstić information content (AvgIpc) is 3.80. The van der Waals surface area contributed by atoms with Crippen molar-refractivity contribution in [3.63, 3.8) is 0 Å². The maximum atomic E-state index is 13.6. The van der Waals surface area contributed by atoms with Gasteiger partial charge < -0.3 is 19.6 Å². The highest BCUT2D eigenvalue weighted by Crippen LogP contribution is 2.44. The van der Waals surface area contributed by atoms with Gasteiger partial charge in [0.05, 0.1) is 12.3 Å². The summed E-state index contributed by atoms with van der Waals surface area (Å²) >= 11 is 0. The fraction of sp³-hybridized carbons (Fsp3) is 0.244. The Balaban J connectivity index is 1.38. The van der Waals surface area contributed by atoms with Crippen molar-refractivity contribution >= 4 is 11.7 Å². The molecular formula is C45H46N6O3. The number of carbonyl (C=O) groups excluding carboxylic acids is 1. The number of rotatable bonds is 12. The van der Waals surface area contributed by atoms with Crippen LogP contribution in [0.5, 0.6) is 0 Å². The van der Waals surface area contributed by atoms with E-state index in [0.29, 0.717) is 17.2 Å². The Morgan fingerprint density at radius 1 is 0.741 bits per heavy atom. The summed E-state index contributed by atoms with van der Waals surface area (Å²) in [6.45, 7) is 7.56. The van der Waals surface area contributed by atoms with Gasteiger partial charge in [0.2, 0.25) is 0 Å². The summed E-state index contributed by atoms with van der Waals surface area (Å²) < 4.78 is 7.51. The van der Waals surface area contributed by atoms with E-state index < -0.39 is 17.1 Å². The molecule has 1 unspecified atom stereocenters. The minimum atomic E-state index is -1.27. The first-order valence-corrected chi connectivity index (χ1v) is 18.5. The van der Waals surface area contributed by atoms with Crippen LogP contribution in [-0.2, 0) is 15.1 Å². The van der Waals surface area contributed by atoms with Gasteiger partial charge in [0, 0.05) is 18.3 Å². The summed E-state index contributed by atoms with van der Waals surface area (Å²) in [4.78, 5) is 17.6. The Morgan fingerprint density at radius 2 is 1.26 bits per heavy atom. The second-order valence-electron chi connectivity index (χ2n) is 14.0. The van der Waals surface area contributed by atoms with Crippen LogP contribution in [0.4, 0.5) is 5.69 Å². The summed E-state index contributed by atoms with van der Waals surface area (Å²) in [5, 5.41) is 25.1. The highest BCUT2D eigenvalue weighted by Gasteiger charge is 2.46. The fourth-order valence-electron chi connectivity index (χ4n) is 7.97. The van der Waals surface area contributed by atoms with Gasteiger partial charge in [-0.2, -0.15) is 0 Å². The van der Waals surface area contributed by atoms with E-state index in [1.807, 2.05) is 100 Å². The highest BCUT2D eigenvalue weighted by atomic mass is 16.5. The topological polar surface area (TPSA) is 96.6 Å². The monoisotopic (exact) mass is 718 g/mol. The molecule has 0 amide bonds. The van der Waals surface area contributed by atoms with Crippen LogP contribution < -0.4 is 4.90 Å². The molecule has 5 aromatic carbocycles. The number of likely N-dealkylation sites (N-methyl/N-ethyl adjacent to an activating group) is 1. The summed E-state index contributed by atoms with van der Waals surface area (Å²) in [5.41, 5.74) is 5.38. The van der Waals surface area contributed by atoms with Gasteiger partial charge in [-0.15, -0.1) is 5.10 Å². The molecule has 1 atom stereocenters. The molecule has 0 radical (unpaired) electrons. The number of aromatic nitrogens is 4. The van der Waals surface area contributed by atoms with Crippen molar-refractivity contribution in [3.8, 4) is 22.5 Å². The Morgan fingerprint density at radius 3 is 1.76 bits per heavy atom. The summed E-state index contributed by atoms with van der Waals surface area (Å²) in [5.74, 6) is 0.151. The molecule has 0 spiro atoms. The number of tetrazole rings is 1. The van der Waals surface area contributed by atoms with Crippen molar-refractivity contribution in [1.82, 2.24) is 25.1 Å². The third kappa shape index (κ3) is 6.34. The van der Waals surface area contributed by atoms with E-state index in [9.17, 15) is 9.90 Å². The molecule has 9 heteroatoms. The number of benzene rings is 5. The number of esters is 1. The van der Waals surface area contributed by atoms with Crippen molar-refractivity contribution in [2.24, 2.45) is 0 Å². The molecule has 0 fully saturated rings. The number of aliphatic hydroxyl groups is 1. The quantitative estimate of drug-likeness (QED) is 0.0999. The molecule has 9 nitrogen and oxygen atoms in total. The largest absolute Gasteiger partial charge is 0.461 e. The molecule has 2 heterocycles. The number of hydrogen-bond donors (Lipinski definition) is 1. The van der Waals surface area contributed by atoms with E-state index in [0.717, 1.165) is 51.9 Å². The predicted octanol–water partition coefficient (Wildman–Crippen LogP) is 8.27. The SMILES string of the molecule is CCCC1N(C)C(C(C)(C)O)=C(C(=O)OCC)N1c1ccc(-c2ccccc2-c2nnnn2C(c2ccccc2)(c2ccccc2)c2ccccc2)cc1. The van der Waals surface area contributed by atoms with Crippen LogP contribution in [0.3, 0.4) is 0 Å². The van der Waals surface area contributed by atoms with Gasteiger partial charge in [0.25, 0.3) is 0 Å². The molecule has 54 heavy (non-hydrogen) atoms. The van der Waals surface area contributed by atoms with Crippen molar-refractivity contribution < 1.29 is 14.6 Å². The molecule has 0 bridgehead atoms. The number of ether oxygens (including phenoxy) is 1. The molecule has 274 valence electrons. The highest BCUT2D eigenvalue weighted by molar-refractivity contribution is 5.95. The maximum absolute atomic E-state index is 13.6. The Kier molecular flexibility index (Phi) is 10.2. The van der Waals surface area contributed by atoms with Crippen molar-refractivity contribution in [1.29, 1.82) is 0 Å². The first-order valence-electron chi connectivity index (χ1n) is 18.5. The van der Waals surface area contributed by atoms with Crippen LogP contribution in [0, 0.1) is 0 Å².